The number of halogens is 1. The standard InChI is InChI=1S/C20H22ClN3O3S/c1-20(2,3)24-28(25,26)19-7-5-4-6-17(19)23-22-12-14-10-15-11-16(21)8-9-18(15)27-13-14/h4-12,23-24H,13H2,1-3H3/b22-12+. The number of para-hydroxylation sites is 1. The Balaban J connectivity index is 1.79. The third-order valence-electron chi connectivity index (χ3n) is 3.74. The molecule has 2 aromatic carbocycles. The summed E-state index contributed by atoms with van der Waals surface area (Å²) in [4.78, 5) is 0.132. The van der Waals surface area contributed by atoms with Crippen LogP contribution in [0.2, 0.25) is 5.02 Å². The highest BCUT2D eigenvalue weighted by atomic mass is 35.5. The fourth-order valence-corrected chi connectivity index (χ4v) is 4.43. The van der Waals surface area contributed by atoms with Crippen molar-refractivity contribution >= 4 is 39.6 Å². The smallest absolute Gasteiger partial charge is 0.243 e. The lowest BCUT2D eigenvalue weighted by molar-refractivity contribution is 0.353. The number of sulfonamides is 1. The van der Waals surface area contributed by atoms with Gasteiger partial charge in [-0.15, -0.1) is 0 Å². The van der Waals surface area contributed by atoms with E-state index in [1.807, 2.05) is 18.2 Å². The first-order valence-electron chi connectivity index (χ1n) is 8.69. The lowest BCUT2D eigenvalue weighted by Crippen LogP contribution is -2.40. The molecule has 0 saturated heterocycles. The van der Waals surface area contributed by atoms with E-state index in [2.05, 4.69) is 15.2 Å². The molecule has 2 aromatic rings. The number of hydrazone groups is 1. The Bertz CT molecular complexity index is 1040. The van der Waals surface area contributed by atoms with E-state index in [4.69, 9.17) is 16.3 Å². The minimum absolute atomic E-state index is 0.132. The van der Waals surface area contributed by atoms with Crippen LogP contribution in [0.25, 0.3) is 6.08 Å². The quantitative estimate of drug-likeness (QED) is 0.559. The number of benzene rings is 2. The molecule has 0 amide bonds. The van der Waals surface area contributed by atoms with E-state index < -0.39 is 15.6 Å². The zero-order chi connectivity index (χ0) is 20.4. The molecule has 0 aliphatic carbocycles. The zero-order valence-corrected chi connectivity index (χ0v) is 17.4. The zero-order valence-electron chi connectivity index (χ0n) is 15.9. The number of rotatable bonds is 5. The molecule has 0 atom stereocenters. The van der Waals surface area contributed by atoms with Crippen LogP contribution < -0.4 is 14.9 Å². The van der Waals surface area contributed by atoms with Gasteiger partial charge >= 0.3 is 0 Å². The van der Waals surface area contributed by atoms with E-state index in [1.165, 1.54) is 6.07 Å². The minimum atomic E-state index is -3.69. The molecule has 0 radical (unpaired) electrons. The molecule has 0 bridgehead atoms. The fourth-order valence-electron chi connectivity index (χ4n) is 2.68. The number of fused-ring (bicyclic) bond motifs is 1. The second-order valence-corrected chi connectivity index (χ2v) is 9.50. The van der Waals surface area contributed by atoms with Crippen molar-refractivity contribution in [2.24, 2.45) is 5.10 Å². The van der Waals surface area contributed by atoms with Gasteiger partial charge in [0.1, 0.15) is 17.3 Å². The predicted molar refractivity (Wildman–Crippen MR) is 114 cm³/mol. The van der Waals surface area contributed by atoms with E-state index in [0.717, 1.165) is 16.9 Å². The average Bonchev–Trinajstić information content (AvgIpc) is 2.59. The highest BCUT2D eigenvalue weighted by Crippen LogP contribution is 2.28. The van der Waals surface area contributed by atoms with Crippen LogP contribution >= 0.6 is 11.6 Å². The van der Waals surface area contributed by atoms with Crippen LogP contribution in [0.5, 0.6) is 5.75 Å². The van der Waals surface area contributed by atoms with Gasteiger partial charge in [-0.2, -0.15) is 5.10 Å². The molecule has 0 saturated carbocycles. The summed E-state index contributed by atoms with van der Waals surface area (Å²) in [5.74, 6) is 0.763. The molecular weight excluding hydrogens is 398 g/mol. The van der Waals surface area contributed by atoms with Crippen LogP contribution in [0, 0.1) is 0 Å². The second kappa shape index (κ2) is 7.95. The Labute approximate surface area is 170 Å². The molecule has 148 valence electrons. The Morgan fingerprint density at radius 2 is 1.93 bits per heavy atom. The highest BCUT2D eigenvalue weighted by Gasteiger charge is 2.24. The Morgan fingerprint density at radius 1 is 1.18 bits per heavy atom. The molecule has 2 N–H and O–H groups in total. The number of hydrogen-bond acceptors (Lipinski definition) is 5. The van der Waals surface area contributed by atoms with Gasteiger partial charge in [-0.1, -0.05) is 23.7 Å². The maximum atomic E-state index is 12.7. The maximum absolute atomic E-state index is 12.7. The molecule has 1 aliphatic heterocycles. The largest absolute Gasteiger partial charge is 0.488 e. The molecule has 28 heavy (non-hydrogen) atoms. The van der Waals surface area contributed by atoms with Gasteiger partial charge in [0.05, 0.1) is 11.9 Å². The third kappa shape index (κ3) is 5.13. The monoisotopic (exact) mass is 419 g/mol. The predicted octanol–water partition coefficient (Wildman–Crippen LogP) is 4.29. The van der Waals surface area contributed by atoms with E-state index in [9.17, 15) is 8.42 Å². The van der Waals surface area contributed by atoms with Gasteiger partial charge in [-0.3, -0.25) is 5.43 Å². The van der Waals surface area contributed by atoms with Crippen LogP contribution in [0.4, 0.5) is 5.69 Å². The van der Waals surface area contributed by atoms with E-state index in [0.29, 0.717) is 17.3 Å². The number of nitrogens with zero attached hydrogens (tertiary/aromatic N) is 1. The lowest BCUT2D eigenvalue weighted by Gasteiger charge is -2.21. The summed E-state index contributed by atoms with van der Waals surface area (Å²) in [5.41, 5.74) is 4.31. The molecule has 3 rings (SSSR count). The first-order valence-corrected chi connectivity index (χ1v) is 10.6. The Morgan fingerprint density at radius 3 is 2.68 bits per heavy atom. The van der Waals surface area contributed by atoms with Crippen molar-refractivity contribution in [2.45, 2.75) is 31.2 Å². The van der Waals surface area contributed by atoms with Crippen molar-refractivity contribution < 1.29 is 13.2 Å². The Hall–Kier alpha value is -2.35. The number of hydrogen-bond donors (Lipinski definition) is 2. The fraction of sp³-hybridized carbons (Fsp3) is 0.250. The van der Waals surface area contributed by atoms with Crippen molar-refractivity contribution in [2.75, 3.05) is 12.0 Å². The molecular formula is C20H22ClN3O3S. The summed E-state index contributed by atoms with van der Waals surface area (Å²) < 4.78 is 33.6. The summed E-state index contributed by atoms with van der Waals surface area (Å²) in [6.45, 7) is 5.74. The highest BCUT2D eigenvalue weighted by molar-refractivity contribution is 7.89. The van der Waals surface area contributed by atoms with E-state index in [1.54, 1.807) is 51.3 Å². The second-order valence-electron chi connectivity index (χ2n) is 7.41. The molecule has 1 heterocycles. The number of nitrogens with one attached hydrogen (secondary N) is 2. The van der Waals surface area contributed by atoms with Crippen molar-refractivity contribution in [3.8, 4) is 5.75 Å². The SMILES string of the molecule is CC(C)(C)NS(=O)(=O)c1ccccc1N/N=C/C1=Cc2cc(Cl)ccc2OC1. The minimum Gasteiger partial charge on any atom is -0.488 e. The van der Waals surface area contributed by atoms with Crippen LogP contribution in [0.3, 0.4) is 0 Å². The first kappa shape index (κ1) is 20.4. The summed E-state index contributed by atoms with van der Waals surface area (Å²) in [7, 11) is -3.69. The van der Waals surface area contributed by atoms with Gasteiger partial charge in [0.15, 0.2) is 0 Å². The first-order chi connectivity index (χ1) is 13.1. The summed E-state index contributed by atoms with van der Waals surface area (Å²) in [6.07, 6.45) is 3.53. The number of anilines is 1. The normalized spacial score (nSPS) is 14.4. The summed E-state index contributed by atoms with van der Waals surface area (Å²) in [6, 6.07) is 12.0. The van der Waals surface area contributed by atoms with Crippen LogP contribution in [-0.2, 0) is 10.0 Å². The Kier molecular flexibility index (Phi) is 5.79. The molecule has 0 aromatic heterocycles. The number of ether oxygens (including phenoxy) is 1. The summed E-state index contributed by atoms with van der Waals surface area (Å²) >= 11 is 6.02. The van der Waals surface area contributed by atoms with Gasteiger partial charge in [0.25, 0.3) is 0 Å². The van der Waals surface area contributed by atoms with Gasteiger partial charge < -0.3 is 4.74 Å². The van der Waals surface area contributed by atoms with Gasteiger partial charge in [-0.05, 0) is 57.2 Å². The molecule has 0 unspecified atom stereocenters. The maximum Gasteiger partial charge on any atom is 0.243 e. The van der Waals surface area contributed by atoms with Crippen LogP contribution in [-0.4, -0.2) is 26.8 Å². The van der Waals surface area contributed by atoms with Crippen LogP contribution in [0.1, 0.15) is 26.3 Å². The third-order valence-corrected chi connectivity index (χ3v) is 5.79. The van der Waals surface area contributed by atoms with Crippen LogP contribution in [0.15, 0.2) is 58.0 Å². The molecule has 0 fully saturated rings. The van der Waals surface area contributed by atoms with Gasteiger partial charge in [0.2, 0.25) is 10.0 Å². The molecule has 0 spiro atoms. The average molecular weight is 420 g/mol. The van der Waals surface area contributed by atoms with Crippen molar-refractivity contribution in [1.29, 1.82) is 0 Å². The van der Waals surface area contributed by atoms with E-state index >= 15 is 0 Å². The summed E-state index contributed by atoms with van der Waals surface area (Å²) in [5, 5.41) is 4.81. The van der Waals surface area contributed by atoms with Crippen molar-refractivity contribution in [1.82, 2.24) is 4.72 Å². The molecule has 1 aliphatic rings. The van der Waals surface area contributed by atoms with E-state index in [-0.39, 0.29) is 4.90 Å². The van der Waals surface area contributed by atoms with Gasteiger partial charge in [0, 0.05) is 21.7 Å². The van der Waals surface area contributed by atoms with Crippen molar-refractivity contribution in [3.05, 3.63) is 58.6 Å². The van der Waals surface area contributed by atoms with Crippen molar-refractivity contribution in [3.63, 3.8) is 0 Å². The topological polar surface area (TPSA) is 79.8 Å². The molecule has 6 nitrogen and oxygen atoms in total. The molecule has 8 heteroatoms. The van der Waals surface area contributed by atoms with Gasteiger partial charge in [-0.25, -0.2) is 13.1 Å². The lowest BCUT2D eigenvalue weighted by atomic mass is 10.1.